The van der Waals surface area contributed by atoms with Gasteiger partial charge in [0, 0.05) is 6.04 Å². The van der Waals surface area contributed by atoms with E-state index < -0.39 is 0 Å². The van der Waals surface area contributed by atoms with Crippen LogP contribution in [-0.2, 0) is 6.42 Å². The summed E-state index contributed by atoms with van der Waals surface area (Å²) in [6, 6.07) is 5.31. The van der Waals surface area contributed by atoms with E-state index in [0.29, 0.717) is 11.5 Å². The van der Waals surface area contributed by atoms with Crippen LogP contribution in [0.25, 0.3) is 0 Å². The Morgan fingerprint density at radius 2 is 1.82 bits per heavy atom. The first kappa shape index (κ1) is 12.6. The average molecular weight is 231 g/mol. The van der Waals surface area contributed by atoms with E-state index in [-0.39, 0.29) is 0 Å². The van der Waals surface area contributed by atoms with Crippen molar-refractivity contribution in [1.82, 2.24) is 5.32 Å². The number of fused-ring (bicyclic) bond motifs is 1. The highest BCUT2D eigenvalue weighted by Crippen LogP contribution is 2.39. The van der Waals surface area contributed by atoms with Gasteiger partial charge in [-0.25, -0.2) is 0 Å². The van der Waals surface area contributed by atoms with Crippen molar-refractivity contribution in [2.45, 2.75) is 53.0 Å². The zero-order chi connectivity index (χ0) is 12.6. The lowest BCUT2D eigenvalue weighted by Crippen LogP contribution is -2.22. The molecule has 0 saturated heterocycles. The summed E-state index contributed by atoms with van der Waals surface area (Å²) in [5.74, 6) is 0. The molecule has 1 aromatic rings. The molecule has 1 atom stereocenters. The van der Waals surface area contributed by atoms with Crippen LogP contribution in [0.5, 0.6) is 0 Å². The fourth-order valence-electron chi connectivity index (χ4n) is 2.93. The van der Waals surface area contributed by atoms with Crippen LogP contribution in [0.4, 0.5) is 0 Å². The molecule has 0 fully saturated rings. The van der Waals surface area contributed by atoms with Crippen LogP contribution in [0.3, 0.4) is 0 Å². The van der Waals surface area contributed by atoms with Crippen LogP contribution in [0.1, 0.15) is 55.0 Å². The Balaban J connectivity index is 2.47. The van der Waals surface area contributed by atoms with Gasteiger partial charge in [0.15, 0.2) is 0 Å². The van der Waals surface area contributed by atoms with E-state index in [1.54, 1.807) is 5.56 Å². The first-order valence-corrected chi connectivity index (χ1v) is 6.70. The van der Waals surface area contributed by atoms with E-state index in [4.69, 9.17) is 0 Å². The van der Waals surface area contributed by atoms with Crippen molar-refractivity contribution in [3.05, 3.63) is 34.4 Å². The van der Waals surface area contributed by atoms with Crippen molar-refractivity contribution in [3.8, 4) is 0 Å². The highest BCUT2D eigenvalue weighted by atomic mass is 14.9. The molecular weight excluding hydrogens is 206 g/mol. The molecule has 1 aromatic carbocycles. The Labute approximate surface area is 106 Å². The van der Waals surface area contributed by atoms with Crippen molar-refractivity contribution in [2.24, 2.45) is 5.41 Å². The van der Waals surface area contributed by atoms with Crippen LogP contribution >= 0.6 is 0 Å². The number of aryl methyl sites for hydroxylation is 3. The third-order valence-corrected chi connectivity index (χ3v) is 4.31. The first-order chi connectivity index (χ1) is 7.93. The largest absolute Gasteiger partial charge is 0.313 e. The Hall–Kier alpha value is -0.820. The lowest BCUT2D eigenvalue weighted by Gasteiger charge is -2.27. The fraction of sp³-hybridized carbons (Fsp3) is 0.625. The molecule has 1 aliphatic rings. The zero-order valence-corrected chi connectivity index (χ0v) is 11.9. The van der Waals surface area contributed by atoms with Crippen molar-refractivity contribution >= 4 is 0 Å². The molecule has 1 unspecified atom stereocenters. The summed E-state index contributed by atoms with van der Waals surface area (Å²) in [7, 11) is 2.09. The molecule has 1 N–H and O–H groups in total. The van der Waals surface area contributed by atoms with Crippen LogP contribution in [0, 0.1) is 19.3 Å². The predicted octanol–water partition coefficient (Wildman–Crippen LogP) is 3.93. The summed E-state index contributed by atoms with van der Waals surface area (Å²) >= 11 is 0. The summed E-state index contributed by atoms with van der Waals surface area (Å²) in [6.45, 7) is 9.23. The monoisotopic (exact) mass is 231 g/mol. The van der Waals surface area contributed by atoms with Gasteiger partial charge in [0.1, 0.15) is 0 Å². The van der Waals surface area contributed by atoms with Crippen LogP contribution in [-0.4, -0.2) is 7.05 Å². The van der Waals surface area contributed by atoms with Gasteiger partial charge >= 0.3 is 0 Å². The van der Waals surface area contributed by atoms with E-state index in [2.05, 4.69) is 52.2 Å². The summed E-state index contributed by atoms with van der Waals surface area (Å²) in [5.41, 5.74) is 6.37. The molecule has 0 aliphatic heterocycles. The van der Waals surface area contributed by atoms with Gasteiger partial charge in [-0.05, 0) is 67.8 Å². The van der Waals surface area contributed by atoms with Gasteiger partial charge in [-0.2, -0.15) is 0 Å². The van der Waals surface area contributed by atoms with Gasteiger partial charge in [0.2, 0.25) is 0 Å². The number of benzene rings is 1. The van der Waals surface area contributed by atoms with Gasteiger partial charge in [0.05, 0.1) is 0 Å². The molecule has 1 heteroatoms. The van der Waals surface area contributed by atoms with Crippen molar-refractivity contribution in [1.29, 1.82) is 0 Å². The minimum absolute atomic E-state index is 0.439. The van der Waals surface area contributed by atoms with E-state index in [1.807, 2.05) is 0 Å². The second kappa shape index (κ2) is 4.45. The molecule has 0 bridgehead atoms. The molecule has 0 heterocycles. The van der Waals surface area contributed by atoms with Crippen molar-refractivity contribution in [2.75, 3.05) is 7.05 Å². The maximum absolute atomic E-state index is 3.50. The van der Waals surface area contributed by atoms with Crippen molar-refractivity contribution in [3.63, 3.8) is 0 Å². The minimum Gasteiger partial charge on any atom is -0.313 e. The SMILES string of the molecule is CNC1CC(C)(C)CCc2cc(C)c(C)cc21. The maximum Gasteiger partial charge on any atom is 0.0325 e. The molecule has 2 rings (SSSR count). The summed E-state index contributed by atoms with van der Waals surface area (Å²) in [5, 5.41) is 3.50. The van der Waals surface area contributed by atoms with E-state index >= 15 is 0 Å². The topological polar surface area (TPSA) is 12.0 Å². The number of hydrogen-bond acceptors (Lipinski definition) is 1. The molecule has 0 aromatic heterocycles. The van der Waals surface area contributed by atoms with Gasteiger partial charge in [0.25, 0.3) is 0 Å². The van der Waals surface area contributed by atoms with E-state index in [0.717, 1.165) is 0 Å². The second-order valence-electron chi connectivity index (χ2n) is 6.34. The highest BCUT2D eigenvalue weighted by molar-refractivity contribution is 5.40. The number of nitrogens with one attached hydrogen (secondary N) is 1. The zero-order valence-electron chi connectivity index (χ0n) is 11.9. The standard InChI is InChI=1S/C16H25N/c1-11-8-13-6-7-16(3,4)10-15(17-5)14(13)9-12(11)2/h8-9,15,17H,6-7,10H2,1-5H3. The van der Waals surface area contributed by atoms with Gasteiger partial charge in [-0.3, -0.25) is 0 Å². The third-order valence-electron chi connectivity index (χ3n) is 4.31. The Kier molecular flexibility index (Phi) is 3.31. The molecule has 0 radical (unpaired) electrons. The first-order valence-electron chi connectivity index (χ1n) is 6.70. The smallest absolute Gasteiger partial charge is 0.0325 e. The Bertz CT molecular complexity index is 418. The summed E-state index contributed by atoms with van der Waals surface area (Å²) in [6.07, 6.45) is 3.75. The van der Waals surface area contributed by atoms with Gasteiger partial charge in [-0.1, -0.05) is 26.0 Å². The third kappa shape index (κ3) is 2.55. The maximum atomic E-state index is 3.50. The van der Waals surface area contributed by atoms with Crippen LogP contribution in [0.2, 0.25) is 0 Å². The van der Waals surface area contributed by atoms with E-state index in [9.17, 15) is 0 Å². The number of rotatable bonds is 1. The number of hydrogen-bond donors (Lipinski definition) is 1. The molecule has 0 spiro atoms. The van der Waals surface area contributed by atoms with Crippen LogP contribution in [0.15, 0.2) is 12.1 Å². The second-order valence-corrected chi connectivity index (χ2v) is 6.34. The minimum atomic E-state index is 0.439. The molecule has 94 valence electrons. The average Bonchev–Trinajstić information content (AvgIpc) is 2.38. The summed E-state index contributed by atoms with van der Waals surface area (Å²) in [4.78, 5) is 0. The quantitative estimate of drug-likeness (QED) is 0.722. The van der Waals surface area contributed by atoms with Crippen LogP contribution < -0.4 is 5.32 Å². The Morgan fingerprint density at radius 1 is 1.18 bits per heavy atom. The van der Waals surface area contributed by atoms with Crippen molar-refractivity contribution < 1.29 is 0 Å². The molecule has 1 aliphatic carbocycles. The lowest BCUT2D eigenvalue weighted by molar-refractivity contribution is 0.279. The molecule has 17 heavy (non-hydrogen) atoms. The molecule has 0 amide bonds. The Morgan fingerprint density at radius 3 is 2.47 bits per heavy atom. The highest BCUT2D eigenvalue weighted by Gasteiger charge is 2.28. The summed E-state index contributed by atoms with van der Waals surface area (Å²) < 4.78 is 0. The predicted molar refractivity (Wildman–Crippen MR) is 74.4 cm³/mol. The fourth-order valence-corrected chi connectivity index (χ4v) is 2.93. The van der Waals surface area contributed by atoms with Gasteiger partial charge in [-0.15, -0.1) is 0 Å². The molecule has 0 saturated carbocycles. The van der Waals surface area contributed by atoms with Gasteiger partial charge < -0.3 is 5.32 Å². The lowest BCUT2D eigenvalue weighted by atomic mass is 9.83. The molecule has 1 nitrogen and oxygen atoms in total. The molecular formula is C16H25N. The van der Waals surface area contributed by atoms with E-state index in [1.165, 1.54) is 36.0 Å². The normalized spacial score (nSPS) is 23.0.